The Balaban J connectivity index is 1.80. The summed E-state index contributed by atoms with van der Waals surface area (Å²) >= 11 is 1.63. The van der Waals surface area contributed by atoms with Gasteiger partial charge in [0.15, 0.2) is 11.0 Å². The molecule has 0 radical (unpaired) electrons. The topological polar surface area (TPSA) is 63.8 Å². The van der Waals surface area contributed by atoms with Gasteiger partial charge in [-0.25, -0.2) is 0 Å². The number of aliphatic hydroxyl groups is 1. The summed E-state index contributed by atoms with van der Waals surface area (Å²) < 4.78 is 2.05. The van der Waals surface area contributed by atoms with E-state index >= 15 is 0 Å². The second kappa shape index (κ2) is 7.90. The molecule has 122 valence electrons. The van der Waals surface area contributed by atoms with E-state index in [2.05, 4.69) is 26.3 Å². The van der Waals surface area contributed by atoms with Gasteiger partial charge >= 0.3 is 0 Å². The number of pyridine rings is 1. The average molecular weight is 338 g/mol. The summed E-state index contributed by atoms with van der Waals surface area (Å²) in [7, 11) is 0. The molecule has 2 heterocycles. The van der Waals surface area contributed by atoms with Crippen LogP contribution in [0.5, 0.6) is 0 Å². The standard InChI is InChI=1S/C18H18N4OS/c1-2-11-22-17(16-7-9-19-10-8-16)20-21-18(22)24-13-15-5-3-14(12-23)4-6-15/h2-10,23H,1,11-13H2. The molecule has 6 heteroatoms. The maximum absolute atomic E-state index is 9.10. The van der Waals surface area contributed by atoms with E-state index in [4.69, 9.17) is 5.11 Å². The van der Waals surface area contributed by atoms with Gasteiger partial charge in [0, 0.05) is 30.3 Å². The van der Waals surface area contributed by atoms with Crippen molar-refractivity contribution >= 4 is 11.8 Å². The van der Waals surface area contributed by atoms with Crippen LogP contribution in [-0.4, -0.2) is 24.9 Å². The van der Waals surface area contributed by atoms with Crippen molar-refractivity contribution in [3.05, 3.63) is 72.6 Å². The van der Waals surface area contributed by atoms with Gasteiger partial charge in [0.1, 0.15) is 0 Å². The molecular weight excluding hydrogens is 320 g/mol. The Morgan fingerprint density at radius 2 is 1.75 bits per heavy atom. The third-order valence-corrected chi connectivity index (χ3v) is 4.58. The van der Waals surface area contributed by atoms with E-state index < -0.39 is 0 Å². The minimum Gasteiger partial charge on any atom is -0.392 e. The number of aromatic nitrogens is 4. The Bertz CT molecular complexity index is 800. The molecule has 0 atom stereocenters. The van der Waals surface area contributed by atoms with Gasteiger partial charge in [-0.1, -0.05) is 42.1 Å². The van der Waals surface area contributed by atoms with Crippen molar-refractivity contribution < 1.29 is 5.11 Å². The van der Waals surface area contributed by atoms with Crippen LogP contribution < -0.4 is 0 Å². The van der Waals surface area contributed by atoms with Gasteiger partial charge in [-0.15, -0.1) is 16.8 Å². The molecule has 5 nitrogen and oxygen atoms in total. The summed E-state index contributed by atoms with van der Waals surface area (Å²) in [6, 6.07) is 11.8. The molecule has 0 saturated carbocycles. The van der Waals surface area contributed by atoms with Crippen molar-refractivity contribution in [3.8, 4) is 11.4 Å². The Morgan fingerprint density at radius 3 is 2.42 bits per heavy atom. The van der Waals surface area contributed by atoms with Crippen molar-refractivity contribution in [2.45, 2.75) is 24.1 Å². The van der Waals surface area contributed by atoms with Crippen molar-refractivity contribution in [1.29, 1.82) is 0 Å². The van der Waals surface area contributed by atoms with Crippen LogP contribution in [0, 0.1) is 0 Å². The second-order valence-electron chi connectivity index (χ2n) is 5.20. The van der Waals surface area contributed by atoms with Crippen LogP contribution in [0.2, 0.25) is 0 Å². The lowest BCUT2D eigenvalue weighted by Crippen LogP contribution is -2.00. The molecule has 0 amide bonds. The zero-order chi connectivity index (χ0) is 16.8. The Labute approximate surface area is 145 Å². The third-order valence-electron chi connectivity index (χ3n) is 3.54. The van der Waals surface area contributed by atoms with Crippen molar-refractivity contribution in [3.63, 3.8) is 0 Å². The first kappa shape index (κ1) is 16.4. The molecule has 3 aromatic rings. The van der Waals surface area contributed by atoms with Crippen molar-refractivity contribution in [2.24, 2.45) is 0 Å². The predicted octanol–water partition coefficient (Wildman–Crippen LogP) is 3.31. The van der Waals surface area contributed by atoms with E-state index in [9.17, 15) is 0 Å². The van der Waals surface area contributed by atoms with Crippen LogP contribution in [0.25, 0.3) is 11.4 Å². The monoisotopic (exact) mass is 338 g/mol. The third kappa shape index (κ3) is 3.72. The summed E-state index contributed by atoms with van der Waals surface area (Å²) in [5, 5.41) is 18.6. The Kier molecular flexibility index (Phi) is 5.40. The molecule has 1 N–H and O–H groups in total. The molecule has 0 aliphatic rings. The van der Waals surface area contributed by atoms with Gasteiger partial charge in [-0.2, -0.15) is 0 Å². The lowest BCUT2D eigenvalue weighted by Gasteiger charge is -2.08. The smallest absolute Gasteiger partial charge is 0.192 e. The lowest BCUT2D eigenvalue weighted by atomic mass is 10.2. The van der Waals surface area contributed by atoms with E-state index in [0.29, 0.717) is 6.54 Å². The molecule has 0 unspecified atom stereocenters. The Morgan fingerprint density at radius 1 is 1.04 bits per heavy atom. The fraction of sp³-hybridized carbons (Fsp3) is 0.167. The first-order chi connectivity index (χ1) is 11.8. The molecular formula is C18H18N4OS. The summed E-state index contributed by atoms with van der Waals surface area (Å²) in [5.74, 6) is 1.60. The highest BCUT2D eigenvalue weighted by Gasteiger charge is 2.13. The Hall–Kier alpha value is -2.44. The SMILES string of the molecule is C=CCn1c(SCc2ccc(CO)cc2)nnc1-c1ccncc1. The van der Waals surface area contributed by atoms with E-state index in [-0.39, 0.29) is 6.61 Å². The van der Waals surface area contributed by atoms with Gasteiger partial charge in [-0.05, 0) is 23.3 Å². The summed E-state index contributed by atoms with van der Waals surface area (Å²) in [6.07, 6.45) is 5.34. The van der Waals surface area contributed by atoms with Crippen LogP contribution in [0.1, 0.15) is 11.1 Å². The molecule has 0 fully saturated rings. The fourth-order valence-corrected chi connectivity index (χ4v) is 3.20. The van der Waals surface area contributed by atoms with Crippen molar-refractivity contribution in [2.75, 3.05) is 0 Å². The number of aliphatic hydroxyl groups excluding tert-OH is 1. The molecule has 0 aliphatic heterocycles. The average Bonchev–Trinajstić information content (AvgIpc) is 3.04. The molecule has 0 spiro atoms. The minimum atomic E-state index is 0.0658. The molecule has 24 heavy (non-hydrogen) atoms. The lowest BCUT2D eigenvalue weighted by molar-refractivity contribution is 0.282. The van der Waals surface area contributed by atoms with Crippen LogP contribution in [0.15, 0.2) is 66.6 Å². The summed E-state index contributed by atoms with van der Waals surface area (Å²) in [6.45, 7) is 4.54. The van der Waals surface area contributed by atoms with Crippen LogP contribution in [0.4, 0.5) is 0 Å². The molecule has 2 aromatic heterocycles. The zero-order valence-corrected chi connectivity index (χ0v) is 14.0. The van der Waals surface area contributed by atoms with Gasteiger partial charge < -0.3 is 5.11 Å². The number of hydrogen-bond acceptors (Lipinski definition) is 5. The number of rotatable bonds is 7. The normalized spacial score (nSPS) is 10.7. The maximum Gasteiger partial charge on any atom is 0.192 e. The molecule has 3 rings (SSSR count). The van der Waals surface area contributed by atoms with E-state index in [1.54, 1.807) is 24.2 Å². The number of nitrogens with zero attached hydrogens (tertiary/aromatic N) is 4. The highest BCUT2D eigenvalue weighted by atomic mass is 32.2. The van der Waals surface area contributed by atoms with E-state index in [1.807, 2.05) is 42.5 Å². The van der Waals surface area contributed by atoms with Gasteiger partial charge in [0.25, 0.3) is 0 Å². The van der Waals surface area contributed by atoms with Crippen LogP contribution in [-0.2, 0) is 18.9 Å². The maximum atomic E-state index is 9.10. The van der Waals surface area contributed by atoms with Crippen LogP contribution in [0.3, 0.4) is 0 Å². The highest BCUT2D eigenvalue weighted by molar-refractivity contribution is 7.98. The van der Waals surface area contributed by atoms with Gasteiger partial charge in [-0.3, -0.25) is 9.55 Å². The number of allylic oxidation sites excluding steroid dienone is 1. The molecule has 1 aromatic carbocycles. The van der Waals surface area contributed by atoms with Gasteiger partial charge in [0.2, 0.25) is 0 Å². The van der Waals surface area contributed by atoms with Crippen molar-refractivity contribution in [1.82, 2.24) is 19.7 Å². The number of hydrogen-bond donors (Lipinski definition) is 1. The quantitative estimate of drug-likeness (QED) is 0.529. The van der Waals surface area contributed by atoms with Gasteiger partial charge in [0.05, 0.1) is 6.61 Å². The highest BCUT2D eigenvalue weighted by Crippen LogP contribution is 2.26. The zero-order valence-electron chi connectivity index (χ0n) is 13.2. The fourth-order valence-electron chi connectivity index (χ4n) is 2.29. The minimum absolute atomic E-state index is 0.0658. The first-order valence-corrected chi connectivity index (χ1v) is 8.56. The van der Waals surface area contributed by atoms with Crippen LogP contribution >= 0.6 is 11.8 Å². The van der Waals surface area contributed by atoms with E-state index in [0.717, 1.165) is 27.9 Å². The van der Waals surface area contributed by atoms with E-state index in [1.165, 1.54) is 5.56 Å². The summed E-state index contributed by atoms with van der Waals surface area (Å²) in [5.41, 5.74) is 3.08. The summed E-state index contributed by atoms with van der Waals surface area (Å²) in [4.78, 5) is 4.04. The second-order valence-corrected chi connectivity index (χ2v) is 6.15. The first-order valence-electron chi connectivity index (χ1n) is 7.58. The molecule has 0 saturated heterocycles. The largest absolute Gasteiger partial charge is 0.392 e. The number of thioether (sulfide) groups is 1. The predicted molar refractivity (Wildman–Crippen MR) is 95.4 cm³/mol. The number of benzene rings is 1. The molecule has 0 aliphatic carbocycles. The molecule has 0 bridgehead atoms.